The molecule has 0 aliphatic rings. The van der Waals surface area contributed by atoms with Crippen LogP contribution in [0, 0.1) is 0 Å². The Kier molecular flexibility index (Phi) is 12.0. The van der Waals surface area contributed by atoms with Crippen molar-refractivity contribution in [2.24, 2.45) is 11.5 Å². The predicted molar refractivity (Wildman–Crippen MR) is 162 cm³/mol. The second kappa shape index (κ2) is 15.6. The lowest BCUT2D eigenvalue weighted by Gasteiger charge is -2.25. The number of aromatic hydroxyl groups is 1. The number of phenols is 1. The molecule has 4 unspecified atom stereocenters. The minimum absolute atomic E-state index is 0.00789. The number of aromatic amines is 1. The summed E-state index contributed by atoms with van der Waals surface area (Å²) in [5.74, 6) is -4.03. The first-order chi connectivity index (χ1) is 20.5. The van der Waals surface area contributed by atoms with E-state index in [4.69, 9.17) is 11.5 Å². The highest BCUT2D eigenvalue weighted by Gasteiger charge is 2.31. The summed E-state index contributed by atoms with van der Waals surface area (Å²) in [6, 6.07) is 8.70. The van der Waals surface area contributed by atoms with Gasteiger partial charge in [0, 0.05) is 23.5 Å². The van der Waals surface area contributed by atoms with E-state index < -0.39 is 60.2 Å². The van der Waals surface area contributed by atoms with Gasteiger partial charge >= 0.3 is 5.97 Å². The molecule has 4 atom stereocenters. The van der Waals surface area contributed by atoms with Gasteiger partial charge in [-0.15, -0.1) is 0 Å². The third kappa shape index (κ3) is 9.75. The molecule has 3 aromatic rings. The molecule has 14 heteroatoms. The normalized spacial score (nSPS) is 13.8. The van der Waals surface area contributed by atoms with Crippen LogP contribution in [0.1, 0.15) is 24.0 Å². The third-order valence-corrected chi connectivity index (χ3v) is 7.37. The van der Waals surface area contributed by atoms with Crippen molar-refractivity contribution in [1.29, 1.82) is 0 Å². The van der Waals surface area contributed by atoms with Gasteiger partial charge < -0.3 is 42.6 Å². The predicted octanol–water partition coefficient (Wildman–Crippen LogP) is 0.154. The van der Waals surface area contributed by atoms with Crippen LogP contribution in [0.5, 0.6) is 5.75 Å². The van der Waals surface area contributed by atoms with Crippen molar-refractivity contribution in [3.8, 4) is 5.75 Å². The molecule has 10 N–H and O–H groups in total. The fourth-order valence-electron chi connectivity index (χ4n) is 4.44. The molecule has 230 valence electrons. The average molecular weight is 613 g/mol. The lowest BCUT2D eigenvalue weighted by Crippen LogP contribution is -2.58. The molecule has 4 amide bonds. The van der Waals surface area contributed by atoms with E-state index in [2.05, 4.69) is 20.9 Å². The molecule has 0 saturated carbocycles. The average Bonchev–Trinajstić information content (AvgIpc) is 3.37. The monoisotopic (exact) mass is 612 g/mol. The molecule has 0 spiro atoms. The summed E-state index contributed by atoms with van der Waals surface area (Å²) in [5, 5.41) is 27.5. The van der Waals surface area contributed by atoms with E-state index in [0.717, 1.165) is 16.5 Å². The van der Waals surface area contributed by atoms with Crippen molar-refractivity contribution < 1.29 is 34.2 Å². The Morgan fingerprint density at radius 3 is 2.16 bits per heavy atom. The number of H-pyrrole nitrogens is 1. The molecule has 3 rings (SSSR count). The number of carbonyl (C=O) groups is 5. The zero-order chi connectivity index (χ0) is 31.5. The molecular formula is C29H36N6O7S. The van der Waals surface area contributed by atoms with E-state index in [1.54, 1.807) is 24.6 Å². The highest BCUT2D eigenvalue weighted by atomic mass is 32.2. The van der Waals surface area contributed by atoms with E-state index in [0.29, 0.717) is 11.3 Å². The summed E-state index contributed by atoms with van der Waals surface area (Å²) in [4.78, 5) is 65.8. The Morgan fingerprint density at radius 1 is 0.884 bits per heavy atom. The zero-order valence-electron chi connectivity index (χ0n) is 23.5. The number of aromatic nitrogens is 1. The SMILES string of the molecule is CSCCC(NC(=O)C(Cc1ccc(O)cc1)NC(=O)C(N)Cc1c[nH]c2ccccc12)C(=O)NC(CC(N)=O)C(=O)O. The quantitative estimate of drug-likeness (QED) is 0.110. The molecule has 1 aromatic heterocycles. The number of hydrogen-bond donors (Lipinski definition) is 8. The maximum absolute atomic E-state index is 13.5. The number of carboxylic acids is 1. The Balaban J connectivity index is 1.78. The van der Waals surface area contributed by atoms with Crippen LogP contribution in [0.4, 0.5) is 0 Å². The minimum atomic E-state index is -1.58. The van der Waals surface area contributed by atoms with E-state index in [1.807, 2.05) is 24.3 Å². The number of nitrogens with two attached hydrogens (primary N) is 2. The van der Waals surface area contributed by atoms with E-state index in [-0.39, 0.29) is 25.0 Å². The maximum Gasteiger partial charge on any atom is 0.326 e. The first kappa shape index (κ1) is 32.9. The fraction of sp³-hybridized carbons (Fsp3) is 0.345. The van der Waals surface area contributed by atoms with Crippen molar-refractivity contribution in [1.82, 2.24) is 20.9 Å². The summed E-state index contributed by atoms with van der Waals surface area (Å²) in [5.41, 5.74) is 13.7. The number of hydrogen-bond acceptors (Lipinski definition) is 8. The summed E-state index contributed by atoms with van der Waals surface area (Å²) in [6.45, 7) is 0. The smallest absolute Gasteiger partial charge is 0.326 e. The van der Waals surface area contributed by atoms with Crippen molar-refractivity contribution >= 4 is 52.3 Å². The highest BCUT2D eigenvalue weighted by molar-refractivity contribution is 7.98. The van der Waals surface area contributed by atoms with Gasteiger partial charge in [0.1, 0.15) is 23.9 Å². The van der Waals surface area contributed by atoms with Gasteiger partial charge in [0.2, 0.25) is 23.6 Å². The summed E-state index contributed by atoms with van der Waals surface area (Å²) >= 11 is 1.41. The third-order valence-electron chi connectivity index (χ3n) is 6.72. The molecule has 0 radical (unpaired) electrons. The van der Waals surface area contributed by atoms with Crippen LogP contribution in [-0.2, 0) is 36.8 Å². The Morgan fingerprint density at radius 2 is 1.51 bits per heavy atom. The molecule has 43 heavy (non-hydrogen) atoms. The lowest BCUT2D eigenvalue weighted by molar-refractivity contribution is -0.143. The first-order valence-corrected chi connectivity index (χ1v) is 14.9. The Bertz CT molecular complexity index is 1440. The topological polar surface area (TPSA) is 230 Å². The highest BCUT2D eigenvalue weighted by Crippen LogP contribution is 2.19. The summed E-state index contributed by atoms with van der Waals surface area (Å²) < 4.78 is 0. The van der Waals surface area contributed by atoms with Gasteiger partial charge in [-0.05, 0) is 54.2 Å². The number of rotatable bonds is 16. The van der Waals surface area contributed by atoms with Gasteiger partial charge in [-0.2, -0.15) is 11.8 Å². The second-order valence-corrected chi connectivity index (χ2v) is 11.0. The largest absolute Gasteiger partial charge is 0.508 e. The molecule has 13 nitrogen and oxygen atoms in total. The molecule has 0 bridgehead atoms. The number of nitrogens with one attached hydrogen (secondary N) is 4. The number of para-hydroxylation sites is 1. The Hall–Kier alpha value is -4.56. The molecule has 0 aliphatic carbocycles. The number of amides is 4. The van der Waals surface area contributed by atoms with Crippen molar-refractivity contribution in [3.05, 3.63) is 65.9 Å². The summed E-state index contributed by atoms with van der Waals surface area (Å²) in [6.07, 6.45) is 3.29. The van der Waals surface area contributed by atoms with Gasteiger partial charge in [0.15, 0.2) is 0 Å². The minimum Gasteiger partial charge on any atom is -0.508 e. The van der Waals surface area contributed by atoms with Crippen LogP contribution in [0.3, 0.4) is 0 Å². The van der Waals surface area contributed by atoms with Crippen molar-refractivity contribution in [2.75, 3.05) is 12.0 Å². The molecule has 0 saturated heterocycles. The fourth-order valence-corrected chi connectivity index (χ4v) is 4.91. The van der Waals surface area contributed by atoms with E-state index in [9.17, 15) is 34.2 Å². The van der Waals surface area contributed by atoms with Gasteiger partial charge in [0.05, 0.1) is 12.5 Å². The van der Waals surface area contributed by atoms with Gasteiger partial charge in [0.25, 0.3) is 0 Å². The number of carbonyl (C=O) groups excluding carboxylic acids is 4. The number of thioether (sulfide) groups is 1. The van der Waals surface area contributed by atoms with Gasteiger partial charge in [-0.1, -0.05) is 30.3 Å². The van der Waals surface area contributed by atoms with E-state index >= 15 is 0 Å². The molecule has 2 aromatic carbocycles. The number of phenolic OH excluding ortho intramolecular Hbond substituents is 1. The number of benzene rings is 2. The number of primary amides is 1. The van der Waals surface area contributed by atoms with Crippen LogP contribution in [0.25, 0.3) is 10.9 Å². The van der Waals surface area contributed by atoms with Crippen LogP contribution >= 0.6 is 11.8 Å². The van der Waals surface area contributed by atoms with Crippen LogP contribution in [0.15, 0.2) is 54.7 Å². The standard InChI is InChI=1S/C29H36N6O7S/c1-43-11-10-22(27(39)35-24(29(41)42)14-25(31)37)33-28(40)23(12-16-6-8-18(36)9-7-16)34-26(38)20(30)13-17-15-32-21-5-3-2-4-19(17)21/h2-9,15,20,22-24,32,36H,10-14,30H2,1H3,(H2,31,37)(H,33,40)(H,34,38)(H,35,39)(H,41,42). The van der Waals surface area contributed by atoms with Crippen LogP contribution in [0.2, 0.25) is 0 Å². The zero-order valence-corrected chi connectivity index (χ0v) is 24.4. The maximum atomic E-state index is 13.5. The second-order valence-electron chi connectivity index (χ2n) is 10.0. The first-order valence-electron chi connectivity index (χ1n) is 13.5. The van der Waals surface area contributed by atoms with E-state index in [1.165, 1.54) is 23.9 Å². The van der Waals surface area contributed by atoms with Crippen LogP contribution in [-0.4, -0.2) is 81.0 Å². The Labute approximate surface area is 252 Å². The number of carboxylic acid groups (broad SMARTS) is 1. The molecule has 1 heterocycles. The lowest BCUT2D eigenvalue weighted by atomic mass is 10.0. The number of aliphatic carboxylic acids is 1. The van der Waals surface area contributed by atoms with Crippen molar-refractivity contribution in [3.63, 3.8) is 0 Å². The van der Waals surface area contributed by atoms with Crippen LogP contribution < -0.4 is 27.4 Å². The van der Waals surface area contributed by atoms with Gasteiger partial charge in [-0.25, -0.2) is 4.79 Å². The molecular weight excluding hydrogens is 576 g/mol. The van der Waals surface area contributed by atoms with Gasteiger partial charge in [-0.3, -0.25) is 19.2 Å². The molecule has 0 aliphatic heterocycles. The molecule has 0 fully saturated rings. The number of fused-ring (bicyclic) bond motifs is 1. The summed E-state index contributed by atoms with van der Waals surface area (Å²) in [7, 11) is 0. The van der Waals surface area contributed by atoms with Crippen molar-refractivity contribution in [2.45, 2.75) is 49.9 Å².